The summed E-state index contributed by atoms with van der Waals surface area (Å²) in [6, 6.07) is 53.9. The molecule has 0 saturated heterocycles. The molecule has 0 bridgehead atoms. The number of ether oxygens (including phenoxy) is 1. The predicted octanol–water partition coefficient (Wildman–Crippen LogP) is 11.6. The lowest BCUT2D eigenvalue weighted by Gasteiger charge is -2.20. The van der Waals surface area contributed by atoms with Crippen LogP contribution in [0.3, 0.4) is 0 Å². The van der Waals surface area contributed by atoms with Crippen LogP contribution in [0.4, 0.5) is 0 Å². The lowest BCUT2D eigenvalue weighted by molar-refractivity contribution is 0.476. The molecule has 6 heteroatoms. The standard InChI is InChI=1S/C45H26N4O2/c1-3-10-27(11-4-1)43-46-44(28-12-5-2-6-13-28)48-45(47-43)31-18-21-32-35-25-30(20-23-38(35)50-41(32)26-31)29-19-22-36-34(24-29)33-14-9-17-40-42(33)49(36)37-15-7-8-16-39(37)51-40/h1-26H. The van der Waals surface area contributed by atoms with Gasteiger partial charge in [-0.25, -0.2) is 15.0 Å². The highest BCUT2D eigenvalue weighted by Crippen LogP contribution is 2.46. The van der Waals surface area contributed by atoms with E-state index in [2.05, 4.69) is 77.4 Å². The summed E-state index contributed by atoms with van der Waals surface area (Å²) in [6.45, 7) is 0. The molecular formula is C45H26N4O2. The summed E-state index contributed by atoms with van der Waals surface area (Å²) in [4.78, 5) is 14.7. The van der Waals surface area contributed by atoms with E-state index >= 15 is 0 Å². The van der Waals surface area contributed by atoms with Gasteiger partial charge >= 0.3 is 0 Å². The summed E-state index contributed by atoms with van der Waals surface area (Å²) in [7, 11) is 0. The Kier molecular flexibility index (Phi) is 5.86. The highest BCUT2D eigenvalue weighted by molar-refractivity contribution is 6.13. The van der Waals surface area contributed by atoms with E-state index in [0.29, 0.717) is 17.5 Å². The lowest BCUT2D eigenvalue weighted by atomic mass is 10.0. The summed E-state index contributed by atoms with van der Waals surface area (Å²) in [5.74, 6) is 3.59. The third-order valence-corrected chi connectivity index (χ3v) is 9.84. The van der Waals surface area contributed by atoms with Crippen molar-refractivity contribution < 1.29 is 9.15 Å². The Morgan fingerprint density at radius 2 is 1.02 bits per heavy atom. The Labute approximate surface area is 291 Å². The molecule has 0 atom stereocenters. The smallest absolute Gasteiger partial charge is 0.164 e. The molecular weight excluding hydrogens is 629 g/mol. The highest BCUT2D eigenvalue weighted by atomic mass is 16.5. The first kappa shape index (κ1) is 27.9. The fourth-order valence-electron chi connectivity index (χ4n) is 7.43. The number of aromatic nitrogens is 4. The van der Waals surface area contributed by atoms with Gasteiger partial charge < -0.3 is 13.7 Å². The molecule has 1 aliphatic heterocycles. The third kappa shape index (κ3) is 4.33. The fourth-order valence-corrected chi connectivity index (χ4v) is 7.43. The fraction of sp³-hybridized carbons (Fsp3) is 0. The van der Waals surface area contributed by atoms with Crippen LogP contribution in [0, 0.1) is 0 Å². The number of hydrogen-bond donors (Lipinski definition) is 0. The number of hydrogen-bond acceptors (Lipinski definition) is 5. The second-order valence-electron chi connectivity index (χ2n) is 12.9. The molecule has 0 unspecified atom stereocenters. The second kappa shape index (κ2) is 10.7. The quantitative estimate of drug-likeness (QED) is 0.189. The maximum atomic E-state index is 6.45. The van der Waals surface area contributed by atoms with Gasteiger partial charge in [-0.05, 0) is 65.7 Å². The van der Waals surface area contributed by atoms with Crippen molar-refractivity contribution in [3.05, 3.63) is 158 Å². The van der Waals surface area contributed by atoms with E-state index in [4.69, 9.17) is 24.1 Å². The minimum absolute atomic E-state index is 0.596. The van der Waals surface area contributed by atoms with Gasteiger partial charge in [-0.3, -0.25) is 0 Å². The van der Waals surface area contributed by atoms with E-state index in [-0.39, 0.29) is 0 Å². The minimum Gasteiger partial charge on any atom is -0.456 e. The number of rotatable bonds is 4. The molecule has 51 heavy (non-hydrogen) atoms. The number of nitrogens with zero attached hydrogens (tertiary/aromatic N) is 4. The first-order valence-electron chi connectivity index (χ1n) is 16.9. The summed E-state index contributed by atoms with van der Waals surface area (Å²) < 4.78 is 15.1. The van der Waals surface area contributed by atoms with Gasteiger partial charge in [-0.2, -0.15) is 0 Å². The summed E-state index contributed by atoms with van der Waals surface area (Å²) in [5.41, 5.74) is 9.92. The minimum atomic E-state index is 0.596. The van der Waals surface area contributed by atoms with Crippen LogP contribution in [0.1, 0.15) is 0 Å². The highest BCUT2D eigenvalue weighted by Gasteiger charge is 2.23. The molecule has 0 aliphatic carbocycles. The van der Waals surface area contributed by atoms with Crippen LogP contribution in [0.5, 0.6) is 11.5 Å². The van der Waals surface area contributed by atoms with Crippen molar-refractivity contribution in [1.82, 2.24) is 19.5 Å². The number of fused-ring (bicyclic) bond motifs is 8. The predicted molar refractivity (Wildman–Crippen MR) is 203 cm³/mol. The van der Waals surface area contributed by atoms with E-state index in [1.807, 2.05) is 84.9 Å². The van der Waals surface area contributed by atoms with Crippen LogP contribution >= 0.6 is 0 Å². The van der Waals surface area contributed by atoms with Gasteiger partial charge in [-0.1, -0.05) is 103 Å². The van der Waals surface area contributed by atoms with Gasteiger partial charge in [0.25, 0.3) is 0 Å². The number of benzene rings is 7. The van der Waals surface area contributed by atoms with Crippen molar-refractivity contribution in [1.29, 1.82) is 0 Å². The van der Waals surface area contributed by atoms with E-state index < -0.39 is 0 Å². The van der Waals surface area contributed by atoms with Gasteiger partial charge in [0.2, 0.25) is 0 Å². The van der Waals surface area contributed by atoms with E-state index in [1.54, 1.807) is 0 Å². The number of para-hydroxylation sites is 3. The first-order chi connectivity index (χ1) is 25.2. The molecule has 6 nitrogen and oxygen atoms in total. The molecule has 0 saturated carbocycles. The Morgan fingerprint density at radius 3 is 1.78 bits per heavy atom. The van der Waals surface area contributed by atoms with Crippen molar-refractivity contribution in [3.8, 4) is 62.5 Å². The third-order valence-electron chi connectivity index (χ3n) is 9.84. The van der Waals surface area contributed by atoms with E-state index in [0.717, 1.165) is 78.0 Å². The van der Waals surface area contributed by atoms with Crippen molar-refractivity contribution in [3.63, 3.8) is 0 Å². The number of furan rings is 1. The van der Waals surface area contributed by atoms with Gasteiger partial charge in [0.05, 0.1) is 16.7 Å². The van der Waals surface area contributed by atoms with Crippen molar-refractivity contribution in [2.75, 3.05) is 0 Å². The topological polar surface area (TPSA) is 66.0 Å². The zero-order chi connectivity index (χ0) is 33.5. The largest absolute Gasteiger partial charge is 0.456 e. The molecule has 10 aromatic rings. The average Bonchev–Trinajstić information content (AvgIpc) is 3.74. The van der Waals surface area contributed by atoms with Crippen LogP contribution in [0.15, 0.2) is 162 Å². The van der Waals surface area contributed by atoms with Crippen LogP contribution in [0.25, 0.3) is 94.7 Å². The first-order valence-corrected chi connectivity index (χ1v) is 16.9. The normalized spacial score (nSPS) is 12.1. The van der Waals surface area contributed by atoms with E-state index in [9.17, 15) is 0 Å². The summed E-state index contributed by atoms with van der Waals surface area (Å²) in [5, 5.41) is 4.46. The molecule has 0 fully saturated rings. The van der Waals surface area contributed by atoms with Gasteiger partial charge in [0.15, 0.2) is 29.0 Å². The Morgan fingerprint density at radius 1 is 0.392 bits per heavy atom. The monoisotopic (exact) mass is 654 g/mol. The zero-order valence-electron chi connectivity index (χ0n) is 27.1. The molecule has 0 spiro atoms. The molecule has 11 rings (SSSR count). The molecule has 7 aromatic carbocycles. The van der Waals surface area contributed by atoms with Crippen LogP contribution in [-0.2, 0) is 0 Å². The average molecular weight is 655 g/mol. The SMILES string of the molecule is c1ccc(-c2nc(-c3ccccc3)nc(-c3ccc4c(c3)oc3ccc(-c5ccc6c(c5)c5cccc7c5n6-c5ccccc5O7)cc34)n2)cc1. The lowest BCUT2D eigenvalue weighted by Crippen LogP contribution is -2.03. The van der Waals surface area contributed by atoms with Gasteiger partial charge in [0.1, 0.15) is 11.2 Å². The van der Waals surface area contributed by atoms with Crippen LogP contribution in [-0.4, -0.2) is 19.5 Å². The van der Waals surface area contributed by atoms with Gasteiger partial charge in [0, 0.05) is 38.2 Å². The van der Waals surface area contributed by atoms with Crippen LogP contribution in [0.2, 0.25) is 0 Å². The van der Waals surface area contributed by atoms with E-state index in [1.165, 1.54) is 10.8 Å². The van der Waals surface area contributed by atoms with Crippen molar-refractivity contribution >= 4 is 43.7 Å². The van der Waals surface area contributed by atoms with Gasteiger partial charge in [-0.15, -0.1) is 0 Å². The molecule has 4 heterocycles. The molecule has 0 radical (unpaired) electrons. The zero-order valence-corrected chi connectivity index (χ0v) is 27.1. The molecule has 0 amide bonds. The van der Waals surface area contributed by atoms with Crippen LogP contribution < -0.4 is 4.74 Å². The maximum Gasteiger partial charge on any atom is 0.164 e. The Bertz CT molecular complexity index is 2940. The Balaban J connectivity index is 1.02. The molecule has 3 aromatic heterocycles. The maximum absolute atomic E-state index is 6.45. The molecule has 0 N–H and O–H groups in total. The van der Waals surface area contributed by atoms with Crippen molar-refractivity contribution in [2.24, 2.45) is 0 Å². The Hall–Kier alpha value is -7.05. The molecule has 238 valence electrons. The molecule has 1 aliphatic rings. The van der Waals surface area contributed by atoms with Crippen molar-refractivity contribution in [2.45, 2.75) is 0 Å². The summed E-state index contributed by atoms with van der Waals surface area (Å²) in [6.07, 6.45) is 0. The second-order valence-corrected chi connectivity index (χ2v) is 12.9. The summed E-state index contributed by atoms with van der Waals surface area (Å²) >= 11 is 0.